The van der Waals surface area contributed by atoms with Crippen LogP contribution in [0.25, 0.3) is 0 Å². The predicted octanol–water partition coefficient (Wildman–Crippen LogP) is 5.71. The topological polar surface area (TPSA) is 49.7 Å². The molecule has 0 saturated heterocycles. The first-order valence-electron chi connectivity index (χ1n) is 8.83. The fourth-order valence-corrected chi connectivity index (χ4v) is 2.65. The molecule has 0 aromatic heterocycles. The van der Waals surface area contributed by atoms with Crippen molar-refractivity contribution in [3.8, 4) is 11.5 Å². The quantitative estimate of drug-likeness (QED) is 0.384. The van der Waals surface area contributed by atoms with Gasteiger partial charge in [-0.05, 0) is 18.9 Å². The van der Waals surface area contributed by atoms with Crippen molar-refractivity contribution < 1.29 is 14.9 Å². The maximum Gasteiger partial charge on any atom is 0.163 e. The minimum atomic E-state index is -0.120. The molecular weight excluding hydrogens is 276 g/mol. The molecule has 3 heteroatoms. The molecule has 0 radical (unpaired) electrons. The number of hydrogen-bond donors (Lipinski definition) is 2. The lowest BCUT2D eigenvalue weighted by molar-refractivity contribution is 0.0404. The van der Waals surface area contributed by atoms with Gasteiger partial charge in [-0.3, -0.25) is 0 Å². The highest BCUT2D eigenvalue weighted by molar-refractivity contribution is 5.45. The Labute approximate surface area is 135 Å². The Hall–Kier alpha value is -1.22. The van der Waals surface area contributed by atoms with Crippen LogP contribution >= 0.6 is 0 Å². The number of ether oxygens (including phenoxy) is 1. The Morgan fingerprint density at radius 3 is 2.27 bits per heavy atom. The van der Waals surface area contributed by atoms with Crippen molar-refractivity contribution in [3.63, 3.8) is 0 Å². The van der Waals surface area contributed by atoms with Crippen molar-refractivity contribution in [3.05, 3.63) is 23.8 Å². The van der Waals surface area contributed by atoms with Crippen molar-refractivity contribution >= 4 is 0 Å². The molecule has 126 valence electrons. The normalized spacial score (nSPS) is 12.5. The van der Waals surface area contributed by atoms with E-state index in [1.54, 1.807) is 6.07 Å². The summed E-state index contributed by atoms with van der Waals surface area (Å²) in [5.74, 6) is -0.0952. The Kier molecular flexibility index (Phi) is 9.72. The summed E-state index contributed by atoms with van der Waals surface area (Å²) in [5, 5.41) is 19.8. The zero-order chi connectivity index (χ0) is 16.2. The lowest BCUT2D eigenvalue weighted by Gasteiger charge is -2.20. The molecule has 0 bridgehead atoms. The van der Waals surface area contributed by atoms with Crippen molar-refractivity contribution in [1.29, 1.82) is 0 Å². The Morgan fingerprint density at radius 2 is 1.59 bits per heavy atom. The minimum Gasteiger partial charge on any atom is -0.504 e. The van der Waals surface area contributed by atoms with Gasteiger partial charge in [-0.1, -0.05) is 70.9 Å². The van der Waals surface area contributed by atoms with Crippen LogP contribution in [0.3, 0.4) is 0 Å². The Morgan fingerprint density at radius 1 is 0.909 bits per heavy atom. The van der Waals surface area contributed by atoms with Crippen molar-refractivity contribution in [2.24, 2.45) is 0 Å². The van der Waals surface area contributed by atoms with Crippen LogP contribution in [-0.2, 0) is 4.74 Å². The molecule has 0 heterocycles. The molecule has 0 amide bonds. The van der Waals surface area contributed by atoms with Gasteiger partial charge >= 0.3 is 0 Å². The van der Waals surface area contributed by atoms with Crippen LogP contribution in [0.15, 0.2) is 18.2 Å². The standard InChI is InChI=1S/C19H32O3/c1-3-5-7-9-14-18(22-15-10-8-6-4-2)16-12-11-13-17(20)19(16)21/h11-13,18,20-21H,3-10,14-15H2,1-2H3. The Balaban J connectivity index is 2.58. The molecule has 2 N–H and O–H groups in total. The molecule has 1 unspecified atom stereocenters. The number of benzene rings is 1. The van der Waals surface area contributed by atoms with E-state index in [9.17, 15) is 10.2 Å². The van der Waals surface area contributed by atoms with Gasteiger partial charge in [0.25, 0.3) is 0 Å². The number of hydrogen-bond acceptors (Lipinski definition) is 3. The second-order valence-electron chi connectivity index (χ2n) is 5.98. The van der Waals surface area contributed by atoms with E-state index in [1.807, 2.05) is 6.07 Å². The fourth-order valence-electron chi connectivity index (χ4n) is 2.65. The first-order chi connectivity index (χ1) is 10.7. The molecule has 3 nitrogen and oxygen atoms in total. The third kappa shape index (κ3) is 6.69. The van der Waals surface area contributed by atoms with Crippen LogP contribution in [0.2, 0.25) is 0 Å². The maximum atomic E-state index is 10.1. The van der Waals surface area contributed by atoms with Crippen LogP contribution < -0.4 is 0 Å². The molecule has 0 aliphatic heterocycles. The van der Waals surface area contributed by atoms with Gasteiger partial charge in [0, 0.05) is 12.2 Å². The average molecular weight is 308 g/mol. The highest BCUT2D eigenvalue weighted by Gasteiger charge is 2.17. The third-order valence-electron chi connectivity index (χ3n) is 4.03. The van der Waals surface area contributed by atoms with E-state index in [2.05, 4.69) is 13.8 Å². The zero-order valence-corrected chi connectivity index (χ0v) is 14.2. The fraction of sp³-hybridized carbons (Fsp3) is 0.684. The van der Waals surface area contributed by atoms with Gasteiger partial charge in [-0.25, -0.2) is 0 Å². The molecular formula is C19H32O3. The van der Waals surface area contributed by atoms with Gasteiger partial charge in [0.05, 0.1) is 6.10 Å². The van der Waals surface area contributed by atoms with Gasteiger partial charge in [-0.15, -0.1) is 0 Å². The van der Waals surface area contributed by atoms with Crippen LogP contribution in [-0.4, -0.2) is 16.8 Å². The van der Waals surface area contributed by atoms with Gasteiger partial charge < -0.3 is 14.9 Å². The zero-order valence-electron chi connectivity index (χ0n) is 14.2. The number of unbranched alkanes of at least 4 members (excludes halogenated alkanes) is 6. The number of para-hydroxylation sites is 1. The largest absolute Gasteiger partial charge is 0.504 e. The third-order valence-corrected chi connectivity index (χ3v) is 4.03. The molecule has 0 fully saturated rings. The molecule has 1 aromatic carbocycles. The van der Waals surface area contributed by atoms with Crippen LogP contribution in [0.4, 0.5) is 0 Å². The summed E-state index contributed by atoms with van der Waals surface area (Å²) >= 11 is 0. The highest BCUT2D eigenvalue weighted by atomic mass is 16.5. The van der Waals surface area contributed by atoms with Gasteiger partial charge in [-0.2, -0.15) is 0 Å². The van der Waals surface area contributed by atoms with Crippen molar-refractivity contribution in [2.75, 3.05) is 6.61 Å². The van der Waals surface area contributed by atoms with E-state index in [0.717, 1.165) is 19.3 Å². The smallest absolute Gasteiger partial charge is 0.163 e. The molecule has 0 aliphatic carbocycles. The maximum absolute atomic E-state index is 10.1. The molecule has 1 aromatic rings. The summed E-state index contributed by atoms with van der Waals surface area (Å²) in [5.41, 5.74) is 0.715. The van der Waals surface area contributed by atoms with Gasteiger partial charge in [0.2, 0.25) is 0 Å². The van der Waals surface area contributed by atoms with E-state index < -0.39 is 0 Å². The number of phenols is 2. The summed E-state index contributed by atoms with van der Waals surface area (Å²) in [7, 11) is 0. The SMILES string of the molecule is CCCCCCOC(CCCCCC)c1cccc(O)c1O. The average Bonchev–Trinajstić information content (AvgIpc) is 2.52. The van der Waals surface area contributed by atoms with Crippen molar-refractivity contribution in [1.82, 2.24) is 0 Å². The molecule has 0 saturated carbocycles. The van der Waals surface area contributed by atoms with E-state index in [-0.39, 0.29) is 17.6 Å². The Bertz CT molecular complexity index is 404. The van der Waals surface area contributed by atoms with Crippen molar-refractivity contribution in [2.45, 2.75) is 77.7 Å². The van der Waals surface area contributed by atoms with E-state index >= 15 is 0 Å². The van der Waals surface area contributed by atoms with Crippen LogP contribution in [0.1, 0.15) is 83.3 Å². The molecule has 22 heavy (non-hydrogen) atoms. The second kappa shape index (κ2) is 11.4. The first kappa shape index (κ1) is 18.8. The lowest BCUT2D eigenvalue weighted by atomic mass is 10.0. The van der Waals surface area contributed by atoms with Crippen LogP contribution in [0, 0.1) is 0 Å². The first-order valence-corrected chi connectivity index (χ1v) is 8.83. The number of phenolic OH excluding ortho intramolecular Hbond substituents is 2. The summed E-state index contributed by atoms with van der Waals surface area (Å²) in [6.45, 7) is 5.11. The summed E-state index contributed by atoms with van der Waals surface area (Å²) < 4.78 is 6.02. The summed E-state index contributed by atoms with van der Waals surface area (Å²) in [4.78, 5) is 0. The van der Waals surface area contributed by atoms with E-state index in [4.69, 9.17) is 4.74 Å². The van der Waals surface area contributed by atoms with Gasteiger partial charge in [0.15, 0.2) is 11.5 Å². The summed E-state index contributed by atoms with van der Waals surface area (Å²) in [6, 6.07) is 5.13. The number of aromatic hydroxyl groups is 2. The van der Waals surface area contributed by atoms with E-state index in [0.29, 0.717) is 12.2 Å². The highest BCUT2D eigenvalue weighted by Crippen LogP contribution is 2.36. The molecule has 1 atom stereocenters. The molecule has 0 spiro atoms. The van der Waals surface area contributed by atoms with Gasteiger partial charge in [0.1, 0.15) is 0 Å². The minimum absolute atomic E-state index is 0.0310. The molecule has 0 aliphatic rings. The second-order valence-corrected chi connectivity index (χ2v) is 5.98. The summed E-state index contributed by atoms with van der Waals surface area (Å²) in [6.07, 6.45) is 10.2. The number of rotatable bonds is 12. The lowest BCUT2D eigenvalue weighted by Crippen LogP contribution is -2.06. The van der Waals surface area contributed by atoms with E-state index in [1.165, 1.54) is 44.6 Å². The monoisotopic (exact) mass is 308 g/mol. The predicted molar refractivity (Wildman–Crippen MR) is 91.4 cm³/mol. The van der Waals surface area contributed by atoms with Crippen LogP contribution in [0.5, 0.6) is 11.5 Å². The molecule has 1 rings (SSSR count).